The molecule has 1 aliphatic rings. The maximum Gasteiger partial charge on any atom is 0.196 e. The lowest BCUT2D eigenvalue weighted by Crippen LogP contribution is -2.37. The van der Waals surface area contributed by atoms with Crippen LogP contribution in [0.4, 0.5) is 5.82 Å². The molecule has 29 heavy (non-hydrogen) atoms. The Bertz CT molecular complexity index is 1100. The number of benzene rings is 2. The summed E-state index contributed by atoms with van der Waals surface area (Å²) < 4.78 is 11.5. The Labute approximate surface area is 169 Å². The first kappa shape index (κ1) is 18.1. The number of nitrogens with one attached hydrogen (secondary N) is 1. The van der Waals surface area contributed by atoms with Gasteiger partial charge in [0.15, 0.2) is 17.2 Å². The highest BCUT2D eigenvalue weighted by Gasteiger charge is 2.16. The Morgan fingerprint density at radius 1 is 0.931 bits per heavy atom. The summed E-state index contributed by atoms with van der Waals surface area (Å²) in [5, 5.41) is 4.51. The molecule has 0 bridgehead atoms. The molecule has 148 valence electrons. The first-order valence-corrected chi connectivity index (χ1v) is 10.2. The summed E-state index contributed by atoms with van der Waals surface area (Å²) in [6, 6.07) is 18.1. The van der Waals surface area contributed by atoms with E-state index in [9.17, 15) is 0 Å². The average Bonchev–Trinajstić information content (AvgIpc) is 3.17. The molecular weight excluding hydrogens is 364 g/mol. The number of anilines is 1. The quantitative estimate of drug-likeness (QED) is 0.500. The Balaban J connectivity index is 1.44. The number of morpholine rings is 1. The van der Waals surface area contributed by atoms with E-state index in [0.29, 0.717) is 5.82 Å². The molecule has 5 rings (SSSR count). The smallest absolute Gasteiger partial charge is 0.196 e. The predicted molar refractivity (Wildman–Crippen MR) is 115 cm³/mol. The molecule has 6 nitrogen and oxygen atoms in total. The summed E-state index contributed by atoms with van der Waals surface area (Å²) in [7, 11) is 0. The van der Waals surface area contributed by atoms with Crippen molar-refractivity contribution < 1.29 is 9.15 Å². The molecule has 1 saturated heterocycles. The van der Waals surface area contributed by atoms with E-state index in [1.807, 2.05) is 54.6 Å². The summed E-state index contributed by atoms with van der Waals surface area (Å²) >= 11 is 0. The van der Waals surface area contributed by atoms with Crippen LogP contribution < -0.4 is 5.32 Å². The van der Waals surface area contributed by atoms with E-state index in [1.165, 1.54) is 0 Å². The molecule has 2 aromatic heterocycles. The van der Waals surface area contributed by atoms with Gasteiger partial charge in [-0.2, -0.15) is 0 Å². The number of rotatable bonds is 6. The van der Waals surface area contributed by atoms with Gasteiger partial charge < -0.3 is 14.5 Å². The minimum absolute atomic E-state index is 0.709. The van der Waals surface area contributed by atoms with Gasteiger partial charge >= 0.3 is 0 Å². The van der Waals surface area contributed by atoms with Crippen molar-refractivity contribution in [1.82, 2.24) is 14.9 Å². The number of fused-ring (bicyclic) bond motifs is 3. The second kappa shape index (κ2) is 8.19. The van der Waals surface area contributed by atoms with Crippen LogP contribution in [0.25, 0.3) is 33.5 Å². The van der Waals surface area contributed by atoms with Crippen LogP contribution in [0.5, 0.6) is 0 Å². The molecule has 6 heteroatoms. The van der Waals surface area contributed by atoms with E-state index in [4.69, 9.17) is 19.1 Å². The fraction of sp³-hybridized carbons (Fsp3) is 0.304. The number of aromatic nitrogens is 2. The number of nitrogens with zero attached hydrogens (tertiary/aromatic N) is 3. The van der Waals surface area contributed by atoms with Crippen LogP contribution in [-0.4, -0.2) is 54.3 Å². The van der Waals surface area contributed by atoms with Crippen LogP contribution in [-0.2, 0) is 4.74 Å². The van der Waals surface area contributed by atoms with Gasteiger partial charge in [0.25, 0.3) is 0 Å². The van der Waals surface area contributed by atoms with Crippen molar-refractivity contribution in [2.75, 3.05) is 44.7 Å². The van der Waals surface area contributed by atoms with Crippen LogP contribution in [0.1, 0.15) is 6.42 Å². The van der Waals surface area contributed by atoms with Crippen molar-refractivity contribution in [3.05, 3.63) is 54.6 Å². The first-order chi connectivity index (χ1) is 14.4. The largest absolute Gasteiger partial charge is 0.450 e. The molecule has 0 amide bonds. The van der Waals surface area contributed by atoms with Crippen LogP contribution >= 0.6 is 0 Å². The lowest BCUT2D eigenvalue weighted by atomic mass is 10.2. The van der Waals surface area contributed by atoms with Gasteiger partial charge in [-0.05, 0) is 25.1 Å². The van der Waals surface area contributed by atoms with Gasteiger partial charge in [0, 0.05) is 30.6 Å². The zero-order chi connectivity index (χ0) is 19.5. The third-order valence-electron chi connectivity index (χ3n) is 5.30. The van der Waals surface area contributed by atoms with Gasteiger partial charge in [0.2, 0.25) is 0 Å². The summed E-state index contributed by atoms with van der Waals surface area (Å²) in [5.74, 6) is 1.47. The molecule has 0 spiro atoms. The SMILES string of the molecule is c1ccc(-c2nc(NCCCN3CCOCC3)c3oc4ccccc4c3n2)cc1. The topological polar surface area (TPSA) is 63.4 Å². The van der Waals surface area contributed by atoms with Crippen LogP contribution in [0.3, 0.4) is 0 Å². The summed E-state index contributed by atoms with van der Waals surface area (Å²) in [6.45, 7) is 5.57. The maximum atomic E-state index is 6.11. The van der Waals surface area contributed by atoms with E-state index >= 15 is 0 Å². The molecule has 1 aliphatic heterocycles. The van der Waals surface area contributed by atoms with E-state index in [-0.39, 0.29) is 0 Å². The number of furan rings is 1. The highest BCUT2D eigenvalue weighted by Crippen LogP contribution is 2.33. The molecule has 4 aromatic rings. The van der Waals surface area contributed by atoms with Crippen LogP contribution in [0.15, 0.2) is 59.0 Å². The maximum absolute atomic E-state index is 6.11. The molecule has 3 heterocycles. The highest BCUT2D eigenvalue weighted by molar-refractivity contribution is 6.06. The van der Waals surface area contributed by atoms with Crippen LogP contribution in [0.2, 0.25) is 0 Å². The Morgan fingerprint density at radius 3 is 2.59 bits per heavy atom. The molecule has 0 atom stereocenters. The molecule has 1 fully saturated rings. The number of hydrogen-bond acceptors (Lipinski definition) is 6. The standard InChI is InChI=1S/C23H24N4O2/c1-2-7-17(8-3-1)22-25-20-18-9-4-5-10-19(18)29-21(20)23(26-22)24-11-6-12-27-13-15-28-16-14-27/h1-5,7-10H,6,11-16H2,(H,24,25,26). The molecule has 2 aromatic carbocycles. The molecule has 0 aliphatic carbocycles. The molecular formula is C23H24N4O2. The van der Waals surface area contributed by atoms with Gasteiger partial charge in [-0.1, -0.05) is 42.5 Å². The Morgan fingerprint density at radius 2 is 1.72 bits per heavy atom. The molecule has 1 N–H and O–H groups in total. The summed E-state index contributed by atoms with van der Waals surface area (Å²) in [5.41, 5.74) is 3.40. The third-order valence-corrected chi connectivity index (χ3v) is 5.30. The third kappa shape index (κ3) is 3.81. The zero-order valence-electron chi connectivity index (χ0n) is 16.3. The normalized spacial score (nSPS) is 15.2. The minimum Gasteiger partial charge on any atom is -0.450 e. The molecule has 0 saturated carbocycles. The van der Waals surface area contributed by atoms with Crippen molar-refractivity contribution in [1.29, 1.82) is 0 Å². The second-order valence-corrected chi connectivity index (χ2v) is 7.27. The van der Waals surface area contributed by atoms with E-state index in [0.717, 1.165) is 79.3 Å². The number of ether oxygens (including phenoxy) is 1. The van der Waals surface area contributed by atoms with Crippen molar-refractivity contribution in [2.45, 2.75) is 6.42 Å². The van der Waals surface area contributed by atoms with Crippen molar-refractivity contribution >= 4 is 27.9 Å². The monoisotopic (exact) mass is 388 g/mol. The van der Waals surface area contributed by atoms with Crippen molar-refractivity contribution in [3.8, 4) is 11.4 Å². The fourth-order valence-corrected chi connectivity index (χ4v) is 3.76. The summed E-state index contributed by atoms with van der Waals surface area (Å²) in [4.78, 5) is 12.1. The fourth-order valence-electron chi connectivity index (χ4n) is 3.76. The Hall–Kier alpha value is -2.96. The summed E-state index contributed by atoms with van der Waals surface area (Å²) in [6.07, 6.45) is 1.03. The second-order valence-electron chi connectivity index (χ2n) is 7.27. The lowest BCUT2D eigenvalue weighted by molar-refractivity contribution is 0.0378. The van der Waals surface area contributed by atoms with Gasteiger partial charge in [-0.15, -0.1) is 0 Å². The van der Waals surface area contributed by atoms with Gasteiger partial charge in [-0.3, -0.25) is 4.90 Å². The van der Waals surface area contributed by atoms with Crippen LogP contribution in [0, 0.1) is 0 Å². The van der Waals surface area contributed by atoms with Gasteiger partial charge in [0.05, 0.1) is 13.2 Å². The number of para-hydroxylation sites is 1. The first-order valence-electron chi connectivity index (χ1n) is 10.2. The van der Waals surface area contributed by atoms with Crippen molar-refractivity contribution in [2.24, 2.45) is 0 Å². The zero-order valence-corrected chi connectivity index (χ0v) is 16.3. The van der Waals surface area contributed by atoms with Crippen molar-refractivity contribution in [3.63, 3.8) is 0 Å². The van der Waals surface area contributed by atoms with E-state index < -0.39 is 0 Å². The number of hydrogen-bond donors (Lipinski definition) is 1. The highest BCUT2D eigenvalue weighted by atomic mass is 16.5. The minimum atomic E-state index is 0.709. The molecule has 0 radical (unpaired) electrons. The Kier molecular flexibility index (Phi) is 5.11. The lowest BCUT2D eigenvalue weighted by Gasteiger charge is -2.26. The average molecular weight is 388 g/mol. The molecule has 0 unspecified atom stereocenters. The van der Waals surface area contributed by atoms with Gasteiger partial charge in [0.1, 0.15) is 11.1 Å². The van der Waals surface area contributed by atoms with Gasteiger partial charge in [-0.25, -0.2) is 9.97 Å². The van der Waals surface area contributed by atoms with E-state index in [2.05, 4.69) is 10.2 Å². The van der Waals surface area contributed by atoms with E-state index in [1.54, 1.807) is 0 Å². The predicted octanol–water partition coefficient (Wildman–Crippen LogP) is 4.18.